The van der Waals surface area contributed by atoms with Crippen LogP contribution in [0.4, 0.5) is 17.2 Å². The quantitative estimate of drug-likeness (QED) is 0.670. The van der Waals surface area contributed by atoms with E-state index >= 15 is 0 Å². The number of aryl methyl sites for hydroxylation is 1. The summed E-state index contributed by atoms with van der Waals surface area (Å²) in [7, 11) is 0. The second kappa shape index (κ2) is 6.61. The van der Waals surface area contributed by atoms with Gasteiger partial charge in [-0.15, -0.1) is 0 Å². The molecule has 1 aliphatic rings. The van der Waals surface area contributed by atoms with Gasteiger partial charge >= 0.3 is 0 Å². The zero-order chi connectivity index (χ0) is 17.2. The minimum atomic E-state index is 0.0492. The molecule has 24 heavy (non-hydrogen) atoms. The van der Waals surface area contributed by atoms with Gasteiger partial charge in [-0.2, -0.15) is 0 Å². The Kier molecular flexibility index (Phi) is 4.53. The normalized spacial score (nSPS) is 15.2. The number of nitrogens with one attached hydrogen (secondary N) is 3. The summed E-state index contributed by atoms with van der Waals surface area (Å²) in [4.78, 5) is 8.68. The van der Waals surface area contributed by atoms with Gasteiger partial charge in [0.1, 0.15) is 5.82 Å². The van der Waals surface area contributed by atoms with Gasteiger partial charge in [0.15, 0.2) is 5.82 Å². The van der Waals surface area contributed by atoms with Crippen LogP contribution in [-0.2, 0) is 0 Å². The number of aromatic nitrogens is 2. The molecule has 3 N–H and O–H groups in total. The van der Waals surface area contributed by atoms with Gasteiger partial charge in [0, 0.05) is 29.2 Å². The van der Waals surface area contributed by atoms with Crippen LogP contribution in [0.5, 0.6) is 0 Å². The Hall–Kier alpha value is -2.40. The zero-order valence-corrected chi connectivity index (χ0v) is 14.6. The third-order valence-electron chi connectivity index (χ3n) is 4.00. The van der Waals surface area contributed by atoms with E-state index in [0.717, 1.165) is 35.6 Å². The monoisotopic (exact) mass is 323 g/mol. The lowest BCUT2D eigenvalue weighted by molar-refractivity contribution is 0.488. The maximum Gasteiger partial charge on any atom is 0.153 e. The van der Waals surface area contributed by atoms with Gasteiger partial charge in [-0.05, 0) is 57.9 Å². The average Bonchev–Trinajstić information content (AvgIpc) is 3.28. The van der Waals surface area contributed by atoms with E-state index in [4.69, 9.17) is 0 Å². The van der Waals surface area contributed by atoms with Crippen molar-refractivity contribution in [1.29, 1.82) is 0 Å². The van der Waals surface area contributed by atoms with Gasteiger partial charge in [-0.3, -0.25) is 5.32 Å². The minimum Gasteiger partial charge on any atom is -0.367 e. The van der Waals surface area contributed by atoms with Gasteiger partial charge < -0.3 is 10.6 Å². The van der Waals surface area contributed by atoms with Gasteiger partial charge in [-0.1, -0.05) is 12.6 Å². The molecular formula is C19H25N5. The van der Waals surface area contributed by atoms with Crippen LogP contribution in [0.25, 0.3) is 6.08 Å². The summed E-state index contributed by atoms with van der Waals surface area (Å²) >= 11 is 0. The Balaban J connectivity index is 1.75. The molecule has 1 aliphatic carbocycles. The first kappa shape index (κ1) is 16.5. The number of nitrogens with zero attached hydrogens (tertiary/aromatic N) is 2. The maximum absolute atomic E-state index is 4.47. The standard InChI is InChI=1S/C19H25N5/c1-5-17-20-12-14(4)18(22-17)21-15-7-6-8-16(11-15)24-19(9-10-19)23-13(2)3/h5-8,11-13,23-24H,1,9-10H2,2-4H3,(H,20,21,22). The molecule has 0 spiro atoms. The van der Waals surface area contributed by atoms with E-state index in [2.05, 4.69) is 58.5 Å². The molecule has 0 amide bonds. The number of benzene rings is 1. The molecule has 0 bridgehead atoms. The van der Waals surface area contributed by atoms with E-state index in [-0.39, 0.29) is 5.66 Å². The molecular weight excluding hydrogens is 298 g/mol. The first-order valence-corrected chi connectivity index (χ1v) is 8.39. The van der Waals surface area contributed by atoms with Crippen molar-refractivity contribution in [1.82, 2.24) is 15.3 Å². The third-order valence-corrected chi connectivity index (χ3v) is 4.00. The fourth-order valence-corrected chi connectivity index (χ4v) is 2.75. The molecule has 0 saturated heterocycles. The van der Waals surface area contributed by atoms with Crippen molar-refractivity contribution in [2.24, 2.45) is 0 Å². The van der Waals surface area contributed by atoms with E-state index in [0.29, 0.717) is 11.9 Å². The fourth-order valence-electron chi connectivity index (χ4n) is 2.75. The van der Waals surface area contributed by atoms with E-state index in [1.54, 1.807) is 12.3 Å². The van der Waals surface area contributed by atoms with Crippen LogP contribution in [0.1, 0.15) is 38.1 Å². The summed E-state index contributed by atoms with van der Waals surface area (Å²) in [5.74, 6) is 1.42. The molecule has 0 atom stereocenters. The number of hydrogen-bond donors (Lipinski definition) is 3. The Morgan fingerprint density at radius 1 is 1.25 bits per heavy atom. The molecule has 1 aromatic carbocycles. The summed E-state index contributed by atoms with van der Waals surface area (Å²) in [6.07, 6.45) is 5.75. The maximum atomic E-state index is 4.47. The van der Waals surface area contributed by atoms with Crippen LogP contribution in [0.15, 0.2) is 37.0 Å². The van der Waals surface area contributed by atoms with E-state index in [1.165, 1.54) is 0 Å². The van der Waals surface area contributed by atoms with E-state index < -0.39 is 0 Å². The van der Waals surface area contributed by atoms with Crippen molar-refractivity contribution in [2.45, 2.75) is 45.3 Å². The predicted molar refractivity (Wildman–Crippen MR) is 100 cm³/mol. The van der Waals surface area contributed by atoms with Crippen molar-refractivity contribution in [3.63, 3.8) is 0 Å². The smallest absolute Gasteiger partial charge is 0.153 e. The molecule has 1 heterocycles. The van der Waals surface area contributed by atoms with Crippen LogP contribution in [0.2, 0.25) is 0 Å². The molecule has 2 aromatic rings. The topological polar surface area (TPSA) is 61.9 Å². The van der Waals surface area contributed by atoms with Crippen molar-refractivity contribution in [3.05, 3.63) is 48.4 Å². The lowest BCUT2D eigenvalue weighted by Gasteiger charge is -2.23. The Morgan fingerprint density at radius 2 is 2.00 bits per heavy atom. The van der Waals surface area contributed by atoms with Crippen LogP contribution in [0, 0.1) is 6.92 Å². The number of rotatable bonds is 7. The average molecular weight is 323 g/mol. The van der Waals surface area contributed by atoms with Crippen molar-refractivity contribution in [2.75, 3.05) is 10.6 Å². The molecule has 0 radical (unpaired) electrons. The van der Waals surface area contributed by atoms with Crippen LogP contribution >= 0.6 is 0 Å². The largest absolute Gasteiger partial charge is 0.367 e. The lowest BCUT2D eigenvalue weighted by atomic mass is 10.2. The molecule has 1 fully saturated rings. The Bertz CT molecular complexity index is 734. The first-order chi connectivity index (χ1) is 11.5. The Labute approximate surface area is 143 Å². The van der Waals surface area contributed by atoms with E-state index in [1.807, 2.05) is 19.1 Å². The number of hydrogen-bond acceptors (Lipinski definition) is 5. The molecule has 1 aromatic heterocycles. The van der Waals surface area contributed by atoms with Gasteiger partial charge in [0.2, 0.25) is 0 Å². The van der Waals surface area contributed by atoms with Crippen LogP contribution in [-0.4, -0.2) is 21.7 Å². The summed E-state index contributed by atoms with van der Waals surface area (Å²) in [6, 6.07) is 8.74. The molecule has 0 unspecified atom stereocenters. The van der Waals surface area contributed by atoms with Gasteiger partial charge in [0.05, 0.1) is 5.66 Å². The molecule has 5 nitrogen and oxygen atoms in total. The molecule has 126 valence electrons. The highest BCUT2D eigenvalue weighted by atomic mass is 15.2. The van der Waals surface area contributed by atoms with Crippen molar-refractivity contribution >= 4 is 23.3 Å². The molecule has 5 heteroatoms. The van der Waals surface area contributed by atoms with Crippen LogP contribution in [0.3, 0.4) is 0 Å². The fraction of sp³-hybridized carbons (Fsp3) is 0.368. The highest BCUT2D eigenvalue weighted by Gasteiger charge is 2.42. The molecule has 0 aliphatic heterocycles. The minimum absolute atomic E-state index is 0.0492. The van der Waals surface area contributed by atoms with Crippen molar-refractivity contribution in [3.8, 4) is 0 Å². The van der Waals surface area contributed by atoms with E-state index in [9.17, 15) is 0 Å². The summed E-state index contributed by atoms with van der Waals surface area (Å²) in [6.45, 7) is 10.1. The SMILES string of the molecule is C=Cc1ncc(C)c(Nc2cccc(NC3(NC(C)C)CC3)c2)n1. The van der Waals surface area contributed by atoms with Gasteiger partial charge in [0.25, 0.3) is 0 Å². The van der Waals surface area contributed by atoms with Crippen molar-refractivity contribution < 1.29 is 0 Å². The lowest BCUT2D eigenvalue weighted by Crippen LogP contribution is -2.42. The molecule has 1 saturated carbocycles. The summed E-state index contributed by atoms with van der Waals surface area (Å²) in [5, 5.41) is 10.6. The Morgan fingerprint density at radius 3 is 2.67 bits per heavy atom. The van der Waals surface area contributed by atoms with Crippen LogP contribution < -0.4 is 16.0 Å². The third kappa shape index (κ3) is 3.92. The highest BCUT2D eigenvalue weighted by molar-refractivity contribution is 5.65. The summed E-state index contributed by atoms with van der Waals surface area (Å²) < 4.78 is 0. The molecule has 3 rings (SSSR count). The highest BCUT2D eigenvalue weighted by Crippen LogP contribution is 2.37. The first-order valence-electron chi connectivity index (χ1n) is 8.39. The second-order valence-electron chi connectivity index (χ2n) is 6.68. The van der Waals surface area contributed by atoms with Gasteiger partial charge in [-0.25, -0.2) is 9.97 Å². The summed E-state index contributed by atoms with van der Waals surface area (Å²) in [5.41, 5.74) is 3.14. The number of anilines is 3. The predicted octanol–water partition coefficient (Wildman–Crippen LogP) is 4.07. The second-order valence-corrected chi connectivity index (χ2v) is 6.68. The zero-order valence-electron chi connectivity index (χ0n) is 14.6.